The van der Waals surface area contributed by atoms with Gasteiger partial charge >= 0.3 is 0 Å². The lowest BCUT2D eigenvalue weighted by Gasteiger charge is -2.11. The molecule has 0 fully saturated rings. The molecule has 162 valence electrons. The van der Waals surface area contributed by atoms with E-state index in [-0.39, 0.29) is 24.0 Å². The van der Waals surface area contributed by atoms with Crippen LogP contribution in [0.25, 0.3) is 11.4 Å². The number of guanidine groups is 1. The molecule has 0 aliphatic carbocycles. The number of aryl methyl sites for hydroxylation is 1. The molecule has 0 saturated carbocycles. The third kappa shape index (κ3) is 6.40. The van der Waals surface area contributed by atoms with Crippen molar-refractivity contribution in [1.82, 2.24) is 40.6 Å². The largest absolute Gasteiger partial charge is 0.497 e. The van der Waals surface area contributed by atoms with Gasteiger partial charge in [-0.2, -0.15) is 5.10 Å². The van der Waals surface area contributed by atoms with Crippen LogP contribution in [0.4, 0.5) is 0 Å². The molecule has 0 bridgehead atoms. The zero-order valence-electron chi connectivity index (χ0n) is 17.4. The number of halogens is 1. The van der Waals surface area contributed by atoms with Gasteiger partial charge in [0, 0.05) is 31.6 Å². The molecule has 0 aliphatic heterocycles. The van der Waals surface area contributed by atoms with E-state index in [1.165, 1.54) is 0 Å². The van der Waals surface area contributed by atoms with Crippen LogP contribution in [0.3, 0.4) is 0 Å². The molecule has 3 aromatic rings. The van der Waals surface area contributed by atoms with Crippen molar-refractivity contribution in [2.24, 2.45) is 4.99 Å². The molecule has 0 atom stereocenters. The molecule has 0 unspecified atom stereocenters. The van der Waals surface area contributed by atoms with Gasteiger partial charge in [-0.05, 0) is 31.2 Å². The summed E-state index contributed by atoms with van der Waals surface area (Å²) in [4.78, 5) is 9.10. The van der Waals surface area contributed by atoms with Crippen LogP contribution in [0.1, 0.15) is 25.5 Å². The quantitative estimate of drug-likeness (QED) is 0.222. The number of hydrogen-bond donors (Lipinski definition) is 3. The standard InChI is InChI=1S/C19H27N9O.HI/c1-4-17-26-23-13-28(17)11-10-21-19(20-5-2)22-12-16-24-18(27-25-16)14-6-8-15(29-3)9-7-14;/h6-9,13H,4-5,10-12H2,1-3H3,(H2,20,21,22)(H,24,25,27);1H. The highest BCUT2D eigenvalue weighted by Gasteiger charge is 2.07. The van der Waals surface area contributed by atoms with Crippen molar-refractivity contribution in [2.45, 2.75) is 33.4 Å². The van der Waals surface area contributed by atoms with E-state index in [4.69, 9.17) is 4.74 Å². The molecule has 2 heterocycles. The van der Waals surface area contributed by atoms with E-state index in [9.17, 15) is 0 Å². The van der Waals surface area contributed by atoms with Gasteiger partial charge in [0.05, 0.1) is 7.11 Å². The van der Waals surface area contributed by atoms with Crippen LogP contribution in [0.5, 0.6) is 5.75 Å². The van der Waals surface area contributed by atoms with E-state index in [0.717, 1.165) is 42.6 Å². The zero-order valence-corrected chi connectivity index (χ0v) is 19.8. The molecule has 0 amide bonds. The number of H-pyrrole nitrogens is 1. The number of methoxy groups -OCH3 is 1. The van der Waals surface area contributed by atoms with Crippen molar-refractivity contribution in [3.8, 4) is 17.1 Å². The fourth-order valence-electron chi connectivity index (χ4n) is 2.77. The smallest absolute Gasteiger partial charge is 0.191 e. The van der Waals surface area contributed by atoms with E-state index >= 15 is 0 Å². The average molecular weight is 525 g/mol. The summed E-state index contributed by atoms with van der Waals surface area (Å²) in [5.41, 5.74) is 0.919. The molecule has 3 rings (SSSR count). The molecule has 3 N–H and O–H groups in total. The second-order valence-corrected chi connectivity index (χ2v) is 6.25. The van der Waals surface area contributed by atoms with Crippen LogP contribution in [-0.2, 0) is 19.5 Å². The highest BCUT2D eigenvalue weighted by molar-refractivity contribution is 14.0. The average Bonchev–Trinajstić information content (AvgIpc) is 3.41. The summed E-state index contributed by atoms with van der Waals surface area (Å²) in [5, 5.41) is 21.8. The van der Waals surface area contributed by atoms with Crippen molar-refractivity contribution >= 4 is 29.9 Å². The Morgan fingerprint density at radius 1 is 1.20 bits per heavy atom. The molecule has 0 saturated heterocycles. The van der Waals surface area contributed by atoms with Crippen molar-refractivity contribution in [3.63, 3.8) is 0 Å². The van der Waals surface area contributed by atoms with Crippen LogP contribution < -0.4 is 15.4 Å². The second kappa shape index (κ2) is 12.1. The van der Waals surface area contributed by atoms with Gasteiger partial charge < -0.3 is 19.9 Å². The van der Waals surface area contributed by atoms with Crippen molar-refractivity contribution in [2.75, 3.05) is 20.2 Å². The Hall–Kier alpha value is -2.70. The van der Waals surface area contributed by atoms with Gasteiger partial charge in [0.25, 0.3) is 0 Å². The highest BCUT2D eigenvalue weighted by Crippen LogP contribution is 2.18. The predicted octanol–water partition coefficient (Wildman–Crippen LogP) is 2.01. The van der Waals surface area contributed by atoms with Gasteiger partial charge in [-0.15, -0.1) is 34.2 Å². The van der Waals surface area contributed by atoms with E-state index in [2.05, 4.69) is 47.9 Å². The molecule has 0 spiro atoms. The summed E-state index contributed by atoms with van der Waals surface area (Å²) in [5.74, 6) is 3.83. The minimum atomic E-state index is 0. The Balaban J connectivity index is 0.00000320. The highest BCUT2D eigenvalue weighted by atomic mass is 127. The van der Waals surface area contributed by atoms with Gasteiger partial charge in [0.15, 0.2) is 11.8 Å². The van der Waals surface area contributed by atoms with Gasteiger partial charge in [-0.1, -0.05) is 6.92 Å². The van der Waals surface area contributed by atoms with Gasteiger partial charge in [0.1, 0.15) is 30.3 Å². The fourth-order valence-corrected chi connectivity index (χ4v) is 2.77. The summed E-state index contributed by atoms with van der Waals surface area (Å²) in [7, 11) is 1.64. The van der Waals surface area contributed by atoms with Crippen molar-refractivity contribution in [1.29, 1.82) is 0 Å². The summed E-state index contributed by atoms with van der Waals surface area (Å²) in [6.45, 7) is 6.74. The first-order valence-corrected chi connectivity index (χ1v) is 9.68. The lowest BCUT2D eigenvalue weighted by atomic mass is 10.2. The number of nitrogens with zero attached hydrogens (tertiary/aromatic N) is 6. The Labute approximate surface area is 193 Å². The molecule has 2 aromatic heterocycles. The third-order valence-corrected chi connectivity index (χ3v) is 4.27. The normalized spacial score (nSPS) is 11.1. The molecular weight excluding hydrogens is 497 g/mol. The maximum atomic E-state index is 5.18. The number of aromatic nitrogens is 6. The van der Waals surface area contributed by atoms with E-state index < -0.39 is 0 Å². The second-order valence-electron chi connectivity index (χ2n) is 6.25. The monoisotopic (exact) mass is 525 g/mol. The van der Waals surface area contributed by atoms with Crippen LogP contribution in [-0.4, -0.2) is 56.1 Å². The number of aliphatic imine (C=N–C) groups is 1. The fraction of sp³-hybridized carbons (Fsp3) is 0.421. The van der Waals surface area contributed by atoms with Crippen LogP contribution in [0, 0.1) is 0 Å². The van der Waals surface area contributed by atoms with E-state index in [1.807, 2.05) is 35.8 Å². The topological polar surface area (TPSA) is 118 Å². The number of benzene rings is 1. The molecule has 10 nitrogen and oxygen atoms in total. The molecule has 0 aliphatic rings. The Bertz CT molecular complexity index is 920. The summed E-state index contributed by atoms with van der Waals surface area (Å²) < 4.78 is 7.21. The number of nitrogens with one attached hydrogen (secondary N) is 3. The van der Waals surface area contributed by atoms with Gasteiger partial charge in [0.2, 0.25) is 0 Å². The van der Waals surface area contributed by atoms with E-state index in [0.29, 0.717) is 24.7 Å². The Morgan fingerprint density at radius 3 is 2.70 bits per heavy atom. The van der Waals surface area contributed by atoms with Crippen LogP contribution in [0.2, 0.25) is 0 Å². The first-order valence-electron chi connectivity index (χ1n) is 9.68. The van der Waals surface area contributed by atoms with E-state index in [1.54, 1.807) is 13.4 Å². The maximum Gasteiger partial charge on any atom is 0.191 e. The zero-order chi connectivity index (χ0) is 20.5. The Morgan fingerprint density at radius 2 is 2.00 bits per heavy atom. The predicted molar refractivity (Wildman–Crippen MR) is 126 cm³/mol. The summed E-state index contributed by atoms with van der Waals surface area (Å²) >= 11 is 0. The number of hydrogen-bond acceptors (Lipinski definition) is 6. The lowest BCUT2D eigenvalue weighted by Crippen LogP contribution is -2.39. The van der Waals surface area contributed by atoms with Crippen molar-refractivity contribution in [3.05, 3.63) is 42.2 Å². The first-order chi connectivity index (χ1) is 14.2. The first kappa shape index (κ1) is 23.6. The van der Waals surface area contributed by atoms with Gasteiger partial charge in [-0.25, -0.2) is 9.98 Å². The van der Waals surface area contributed by atoms with Gasteiger partial charge in [-0.3, -0.25) is 5.10 Å². The number of aromatic amines is 1. The minimum Gasteiger partial charge on any atom is -0.497 e. The maximum absolute atomic E-state index is 5.18. The summed E-state index contributed by atoms with van der Waals surface area (Å²) in [6, 6.07) is 7.62. The molecule has 1 aromatic carbocycles. The third-order valence-electron chi connectivity index (χ3n) is 4.27. The van der Waals surface area contributed by atoms with Crippen molar-refractivity contribution < 1.29 is 4.74 Å². The molecular formula is C19H28IN9O. The number of rotatable bonds is 9. The van der Waals surface area contributed by atoms with Crippen LogP contribution in [0.15, 0.2) is 35.6 Å². The number of ether oxygens (including phenoxy) is 1. The molecule has 11 heteroatoms. The SMILES string of the molecule is CCNC(=NCc1nc(-c2ccc(OC)cc2)n[nH]1)NCCn1cnnc1CC.I. The lowest BCUT2D eigenvalue weighted by molar-refractivity contribution is 0.415. The molecule has 30 heavy (non-hydrogen) atoms. The minimum absolute atomic E-state index is 0. The molecule has 0 radical (unpaired) electrons. The summed E-state index contributed by atoms with van der Waals surface area (Å²) in [6.07, 6.45) is 2.61. The van der Waals surface area contributed by atoms with Crippen LogP contribution >= 0.6 is 24.0 Å². The Kier molecular flexibility index (Phi) is 9.51.